The Balaban J connectivity index is 1.82. The summed E-state index contributed by atoms with van der Waals surface area (Å²) in [6.45, 7) is 0. The van der Waals surface area contributed by atoms with Crippen molar-refractivity contribution in [3.8, 4) is 11.5 Å². The van der Waals surface area contributed by atoms with E-state index in [4.69, 9.17) is 9.47 Å². The monoisotopic (exact) mass is 298 g/mol. The molecule has 0 aromatic heterocycles. The predicted molar refractivity (Wildman–Crippen MR) is 87.6 cm³/mol. The van der Waals surface area contributed by atoms with Gasteiger partial charge in [0.2, 0.25) is 0 Å². The van der Waals surface area contributed by atoms with Crippen LogP contribution >= 0.6 is 0 Å². The molecule has 0 fully saturated rings. The minimum Gasteiger partial charge on any atom is -0.493 e. The number of methoxy groups -OCH3 is 2. The van der Waals surface area contributed by atoms with Gasteiger partial charge in [0.15, 0.2) is 11.5 Å². The highest BCUT2D eigenvalue weighted by atomic mass is 16.5. The van der Waals surface area contributed by atoms with Crippen LogP contribution in [0.1, 0.15) is 24.0 Å². The van der Waals surface area contributed by atoms with Crippen LogP contribution in [0.25, 0.3) is 0 Å². The molecule has 2 rings (SSSR count). The lowest BCUT2D eigenvalue weighted by atomic mass is 10.0. The van der Waals surface area contributed by atoms with Crippen molar-refractivity contribution in [2.75, 3.05) is 14.2 Å². The van der Waals surface area contributed by atoms with E-state index >= 15 is 0 Å². The average molecular weight is 298 g/mol. The minimum atomic E-state index is 0.284. The lowest BCUT2D eigenvalue weighted by Crippen LogP contribution is -2.03. The van der Waals surface area contributed by atoms with Crippen LogP contribution in [0.2, 0.25) is 0 Å². The molecule has 0 radical (unpaired) electrons. The molecule has 0 unspecified atom stereocenters. The maximum Gasteiger partial charge on any atom is 0.160 e. The second kappa shape index (κ2) is 8.23. The first kappa shape index (κ1) is 16.1. The van der Waals surface area contributed by atoms with Gasteiger partial charge in [0.25, 0.3) is 0 Å². The highest BCUT2D eigenvalue weighted by Gasteiger charge is 2.06. The van der Waals surface area contributed by atoms with Crippen LogP contribution < -0.4 is 9.47 Å². The molecule has 22 heavy (non-hydrogen) atoms. The Labute approximate surface area is 131 Å². The first-order valence-corrected chi connectivity index (χ1v) is 7.49. The van der Waals surface area contributed by atoms with E-state index in [2.05, 4.69) is 0 Å². The normalized spacial score (nSPS) is 10.3. The zero-order chi connectivity index (χ0) is 15.8. The molecule has 0 heterocycles. The molecule has 0 saturated heterocycles. The number of hydrogen-bond acceptors (Lipinski definition) is 3. The van der Waals surface area contributed by atoms with Crippen molar-refractivity contribution in [2.45, 2.75) is 25.7 Å². The van der Waals surface area contributed by atoms with Gasteiger partial charge in [-0.05, 0) is 36.1 Å². The molecule has 0 N–H and O–H groups in total. The van der Waals surface area contributed by atoms with Crippen molar-refractivity contribution in [3.05, 3.63) is 59.7 Å². The molecule has 0 bridgehead atoms. The van der Waals surface area contributed by atoms with Gasteiger partial charge in [-0.3, -0.25) is 4.79 Å². The number of carbonyl (C=O) groups excluding carboxylic acids is 1. The van der Waals surface area contributed by atoms with E-state index in [0.717, 1.165) is 35.5 Å². The molecule has 2 aromatic rings. The number of ketones is 1. The molecule has 0 aliphatic carbocycles. The van der Waals surface area contributed by atoms with E-state index in [9.17, 15) is 4.79 Å². The van der Waals surface area contributed by atoms with Gasteiger partial charge in [-0.25, -0.2) is 0 Å². The van der Waals surface area contributed by atoms with Gasteiger partial charge in [0.1, 0.15) is 5.78 Å². The van der Waals surface area contributed by atoms with Crippen molar-refractivity contribution < 1.29 is 14.3 Å². The van der Waals surface area contributed by atoms with Crippen molar-refractivity contribution in [1.29, 1.82) is 0 Å². The highest BCUT2D eigenvalue weighted by Crippen LogP contribution is 2.28. The first-order valence-electron chi connectivity index (χ1n) is 7.49. The summed E-state index contributed by atoms with van der Waals surface area (Å²) in [6, 6.07) is 15.8. The van der Waals surface area contributed by atoms with Gasteiger partial charge in [0, 0.05) is 12.8 Å². The van der Waals surface area contributed by atoms with Gasteiger partial charge < -0.3 is 9.47 Å². The molecule has 0 aliphatic heterocycles. The van der Waals surface area contributed by atoms with E-state index in [1.807, 2.05) is 48.5 Å². The smallest absolute Gasteiger partial charge is 0.160 e. The molecule has 3 heteroatoms. The van der Waals surface area contributed by atoms with E-state index in [-0.39, 0.29) is 5.78 Å². The summed E-state index contributed by atoms with van der Waals surface area (Å²) in [4.78, 5) is 12.0. The fourth-order valence-corrected chi connectivity index (χ4v) is 2.44. The van der Waals surface area contributed by atoms with Crippen molar-refractivity contribution >= 4 is 5.78 Å². The summed E-state index contributed by atoms with van der Waals surface area (Å²) in [5.41, 5.74) is 2.24. The summed E-state index contributed by atoms with van der Waals surface area (Å²) in [5.74, 6) is 1.74. The molecule has 2 aromatic carbocycles. The third-order valence-corrected chi connectivity index (χ3v) is 3.61. The van der Waals surface area contributed by atoms with Gasteiger partial charge in [-0.1, -0.05) is 36.4 Å². The molecular formula is C19H22O3. The highest BCUT2D eigenvalue weighted by molar-refractivity contribution is 5.80. The SMILES string of the molecule is COc1ccc(CCCC(=O)Cc2ccccc2)cc1OC. The third-order valence-electron chi connectivity index (χ3n) is 3.61. The third kappa shape index (κ3) is 4.62. The zero-order valence-corrected chi connectivity index (χ0v) is 13.2. The van der Waals surface area contributed by atoms with E-state index in [1.165, 1.54) is 0 Å². The van der Waals surface area contributed by atoms with Crippen LogP contribution in [0, 0.1) is 0 Å². The largest absolute Gasteiger partial charge is 0.493 e. The van der Waals surface area contributed by atoms with Crippen LogP contribution in [-0.4, -0.2) is 20.0 Å². The molecule has 0 saturated carbocycles. The average Bonchev–Trinajstić information content (AvgIpc) is 2.55. The van der Waals surface area contributed by atoms with Crippen molar-refractivity contribution in [2.24, 2.45) is 0 Å². The molecule has 0 spiro atoms. The fraction of sp³-hybridized carbons (Fsp3) is 0.316. The number of aryl methyl sites for hydroxylation is 1. The Morgan fingerprint density at radius 3 is 2.32 bits per heavy atom. The van der Waals surface area contributed by atoms with Crippen molar-refractivity contribution in [1.82, 2.24) is 0 Å². The molecule has 116 valence electrons. The van der Waals surface area contributed by atoms with Crippen molar-refractivity contribution in [3.63, 3.8) is 0 Å². The summed E-state index contributed by atoms with van der Waals surface area (Å²) < 4.78 is 10.5. The minimum absolute atomic E-state index is 0.284. The van der Waals surface area contributed by atoms with Crippen LogP contribution in [0.15, 0.2) is 48.5 Å². The molecular weight excluding hydrogens is 276 g/mol. The Morgan fingerprint density at radius 1 is 0.909 bits per heavy atom. The summed E-state index contributed by atoms with van der Waals surface area (Å²) in [5, 5.41) is 0. The van der Waals surface area contributed by atoms with Crippen LogP contribution in [0.3, 0.4) is 0 Å². The van der Waals surface area contributed by atoms with Gasteiger partial charge in [0.05, 0.1) is 14.2 Å². The van der Waals surface area contributed by atoms with Crippen LogP contribution in [0.5, 0.6) is 11.5 Å². The van der Waals surface area contributed by atoms with Crippen LogP contribution in [-0.2, 0) is 17.6 Å². The summed E-state index contributed by atoms with van der Waals surface area (Å²) in [6.07, 6.45) is 2.83. The lowest BCUT2D eigenvalue weighted by Gasteiger charge is -2.09. The standard InChI is InChI=1S/C19H22O3/c1-21-18-12-11-16(14-19(18)22-2)9-6-10-17(20)13-15-7-4-3-5-8-15/h3-5,7-8,11-12,14H,6,9-10,13H2,1-2H3. The Bertz CT molecular complexity index is 605. The molecule has 3 nitrogen and oxygen atoms in total. The van der Waals surface area contributed by atoms with E-state index in [1.54, 1.807) is 14.2 Å². The quantitative estimate of drug-likeness (QED) is 0.743. The Morgan fingerprint density at radius 2 is 1.64 bits per heavy atom. The predicted octanol–water partition coefficient (Wildman–Crippen LogP) is 3.84. The second-order valence-corrected chi connectivity index (χ2v) is 5.24. The molecule has 0 atom stereocenters. The van der Waals surface area contributed by atoms with Gasteiger partial charge in [-0.15, -0.1) is 0 Å². The second-order valence-electron chi connectivity index (χ2n) is 5.24. The number of carbonyl (C=O) groups is 1. The topological polar surface area (TPSA) is 35.5 Å². The first-order chi connectivity index (χ1) is 10.7. The van der Waals surface area contributed by atoms with E-state index < -0.39 is 0 Å². The van der Waals surface area contributed by atoms with Gasteiger partial charge in [-0.2, -0.15) is 0 Å². The Hall–Kier alpha value is -2.29. The van der Waals surface area contributed by atoms with Crippen LogP contribution in [0.4, 0.5) is 0 Å². The number of benzene rings is 2. The number of hydrogen-bond donors (Lipinski definition) is 0. The molecule has 0 aliphatic rings. The fourth-order valence-electron chi connectivity index (χ4n) is 2.44. The maximum atomic E-state index is 12.0. The summed E-state index contributed by atoms with van der Waals surface area (Å²) >= 11 is 0. The van der Waals surface area contributed by atoms with Gasteiger partial charge >= 0.3 is 0 Å². The Kier molecular flexibility index (Phi) is 6.01. The molecule has 0 amide bonds. The number of ether oxygens (including phenoxy) is 2. The number of Topliss-reactive ketones (excluding diaryl/α,β-unsaturated/α-hetero) is 1. The van der Waals surface area contributed by atoms with E-state index in [0.29, 0.717) is 12.8 Å². The zero-order valence-electron chi connectivity index (χ0n) is 13.2. The maximum absolute atomic E-state index is 12.0. The number of rotatable bonds is 8. The lowest BCUT2D eigenvalue weighted by molar-refractivity contribution is -0.118. The summed E-state index contributed by atoms with van der Waals surface area (Å²) in [7, 11) is 3.25.